The maximum Gasteiger partial charge on any atom is 0.269 e. The number of carbonyl (C=O) groups excluding carboxylic acids is 2. The van der Waals surface area contributed by atoms with E-state index in [0.717, 1.165) is 16.8 Å². The first-order chi connectivity index (χ1) is 14.1. The number of nitrogens with one attached hydrogen (secondary N) is 3. The van der Waals surface area contributed by atoms with Crippen LogP contribution >= 0.6 is 0 Å². The van der Waals surface area contributed by atoms with Crippen LogP contribution in [-0.4, -0.2) is 41.1 Å². The van der Waals surface area contributed by atoms with Crippen LogP contribution in [0.3, 0.4) is 0 Å². The number of rotatable bonds is 9. The van der Waals surface area contributed by atoms with Gasteiger partial charge in [-0.25, -0.2) is 0 Å². The number of aromatic nitrogens is 2. The molecule has 0 aliphatic rings. The van der Waals surface area contributed by atoms with Gasteiger partial charge in [-0.15, -0.1) is 0 Å². The van der Waals surface area contributed by atoms with Crippen molar-refractivity contribution in [1.82, 2.24) is 20.8 Å². The van der Waals surface area contributed by atoms with E-state index < -0.39 is 6.04 Å². The summed E-state index contributed by atoms with van der Waals surface area (Å²) in [6, 6.07) is 20.4. The fourth-order valence-electron chi connectivity index (χ4n) is 2.88. The molecule has 2 aromatic carbocycles. The molecule has 3 rings (SSSR count). The number of hydrogen-bond acceptors (Lipinski definition) is 4. The predicted molar refractivity (Wildman–Crippen MR) is 112 cm³/mol. The quantitative estimate of drug-likeness (QED) is 0.417. The molecule has 0 saturated heterocycles. The van der Waals surface area contributed by atoms with Crippen molar-refractivity contribution in [3.63, 3.8) is 0 Å². The Labute approximate surface area is 169 Å². The third-order valence-electron chi connectivity index (χ3n) is 4.47. The highest BCUT2D eigenvalue weighted by Gasteiger charge is 2.14. The number of hydrogen-bond donors (Lipinski definition) is 4. The van der Waals surface area contributed by atoms with Crippen LogP contribution in [0.4, 0.5) is 0 Å². The van der Waals surface area contributed by atoms with Gasteiger partial charge in [0.1, 0.15) is 5.69 Å². The zero-order valence-electron chi connectivity index (χ0n) is 16.1. The first kappa shape index (κ1) is 20.3. The molecule has 3 aromatic rings. The monoisotopic (exact) mass is 391 g/mol. The molecule has 1 atom stereocenters. The number of nitrogens with two attached hydrogens (primary N) is 1. The van der Waals surface area contributed by atoms with Gasteiger partial charge in [0.25, 0.3) is 5.91 Å². The molecule has 0 radical (unpaired) electrons. The smallest absolute Gasteiger partial charge is 0.269 e. The molecular formula is C22H25N5O2. The Morgan fingerprint density at radius 2 is 1.62 bits per heavy atom. The van der Waals surface area contributed by atoms with E-state index >= 15 is 0 Å². The Morgan fingerprint density at radius 3 is 2.34 bits per heavy atom. The number of H-pyrrole nitrogens is 1. The van der Waals surface area contributed by atoms with E-state index in [2.05, 4.69) is 20.8 Å². The summed E-state index contributed by atoms with van der Waals surface area (Å²) >= 11 is 0. The number of benzene rings is 2. The van der Waals surface area contributed by atoms with Crippen LogP contribution in [-0.2, 0) is 11.2 Å². The molecule has 29 heavy (non-hydrogen) atoms. The fourth-order valence-corrected chi connectivity index (χ4v) is 2.88. The lowest BCUT2D eigenvalue weighted by atomic mass is 10.1. The van der Waals surface area contributed by atoms with Crippen molar-refractivity contribution in [2.24, 2.45) is 5.73 Å². The number of nitrogens with zero attached hydrogens (tertiary/aromatic N) is 1. The first-order valence-electron chi connectivity index (χ1n) is 9.60. The van der Waals surface area contributed by atoms with Gasteiger partial charge in [-0.2, -0.15) is 5.10 Å². The van der Waals surface area contributed by atoms with Gasteiger partial charge in [0.15, 0.2) is 0 Å². The largest absolute Gasteiger partial charge is 0.355 e. The molecule has 150 valence electrons. The molecular weight excluding hydrogens is 366 g/mol. The molecule has 0 spiro atoms. The fraction of sp³-hybridized carbons (Fsp3) is 0.227. The van der Waals surface area contributed by atoms with Crippen molar-refractivity contribution in [3.05, 3.63) is 78.0 Å². The Bertz CT molecular complexity index is 925. The van der Waals surface area contributed by atoms with Gasteiger partial charge in [-0.05, 0) is 24.5 Å². The zero-order chi connectivity index (χ0) is 20.5. The lowest BCUT2D eigenvalue weighted by Crippen LogP contribution is -2.42. The Hall–Kier alpha value is -3.45. The van der Waals surface area contributed by atoms with Crippen molar-refractivity contribution in [2.45, 2.75) is 18.9 Å². The molecule has 1 heterocycles. The van der Waals surface area contributed by atoms with Crippen molar-refractivity contribution >= 4 is 11.8 Å². The number of aromatic amines is 1. The lowest BCUT2D eigenvalue weighted by molar-refractivity contribution is -0.122. The summed E-state index contributed by atoms with van der Waals surface area (Å²) in [4.78, 5) is 24.3. The average Bonchev–Trinajstić information content (AvgIpc) is 3.25. The zero-order valence-corrected chi connectivity index (χ0v) is 16.1. The van der Waals surface area contributed by atoms with Gasteiger partial charge >= 0.3 is 0 Å². The van der Waals surface area contributed by atoms with Crippen LogP contribution < -0.4 is 16.4 Å². The predicted octanol–water partition coefficient (Wildman–Crippen LogP) is 1.88. The van der Waals surface area contributed by atoms with Gasteiger partial charge in [0.2, 0.25) is 5.91 Å². The summed E-state index contributed by atoms with van der Waals surface area (Å²) in [5.41, 5.74) is 9.03. The number of amides is 2. The van der Waals surface area contributed by atoms with Crippen LogP contribution in [0, 0.1) is 0 Å². The van der Waals surface area contributed by atoms with E-state index in [1.807, 2.05) is 60.7 Å². The van der Waals surface area contributed by atoms with E-state index in [1.54, 1.807) is 6.07 Å². The van der Waals surface area contributed by atoms with E-state index in [0.29, 0.717) is 31.6 Å². The standard InChI is InChI=1S/C22H25N5O2/c23-18(14-16-8-3-1-4-9-16)21(28)24-12-7-13-25-22(29)20-15-19(26-27-20)17-10-5-2-6-11-17/h1-6,8-11,15,18H,7,12-14,23H2,(H,24,28)(H,25,29)(H,26,27)/t18-/m0/s1. The summed E-state index contributed by atoms with van der Waals surface area (Å²) in [5.74, 6) is -0.423. The minimum Gasteiger partial charge on any atom is -0.355 e. The van der Waals surface area contributed by atoms with Gasteiger partial charge in [-0.3, -0.25) is 14.7 Å². The minimum absolute atomic E-state index is 0.193. The molecule has 0 unspecified atom stereocenters. The summed E-state index contributed by atoms with van der Waals surface area (Å²) in [7, 11) is 0. The highest BCUT2D eigenvalue weighted by atomic mass is 16.2. The van der Waals surface area contributed by atoms with Crippen molar-refractivity contribution in [2.75, 3.05) is 13.1 Å². The third-order valence-corrected chi connectivity index (χ3v) is 4.47. The lowest BCUT2D eigenvalue weighted by Gasteiger charge is -2.12. The van der Waals surface area contributed by atoms with Crippen molar-refractivity contribution in [3.8, 4) is 11.3 Å². The van der Waals surface area contributed by atoms with E-state index in [1.165, 1.54) is 0 Å². The molecule has 5 N–H and O–H groups in total. The van der Waals surface area contributed by atoms with Gasteiger partial charge < -0.3 is 16.4 Å². The van der Waals surface area contributed by atoms with Crippen molar-refractivity contribution < 1.29 is 9.59 Å². The second-order valence-corrected chi connectivity index (χ2v) is 6.73. The second-order valence-electron chi connectivity index (χ2n) is 6.73. The second kappa shape index (κ2) is 10.2. The van der Waals surface area contributed by atoms with Crippen LogP contribution in [0.1, 0.15) is 22.5 Å². The molecule has 0 saturated carbocycles. The molecule has 0 fully saturated rings. The van der Waals surface area contributed by atoms with Gasteiger partial charge in [-0.1, -0.05) is 60.7 Å². The molecule has 1 aromatic heterocycles. The Morgan fingerprint density at radius 1 is 0.966 bits per heavy atom. The van der Waals surface area contributed by atoms with E-state index in [9.17, 15) is 9.59 Å². The first-order valence-corrected chi connectivity index (χ1v) is 9.60. The van der Waals surface area contributed by atoms with Crippen LogP contribution in [0.15, 0.2) is 66.7 Å². The molecule has 7 heteroatoms. The highest BCUT2D eigenvalue weighted by molar-refractivity contribution is 5.93. The van der Waals surface area contributed by atoms with E-state index in [4.69, 9.17) is 5.73 Å². The summed E-state index contributed by atoms with van der Waals surface area (Å²) in [5, 5.41) is 12.5. The Balaban J connectivity index is 1.35. The van der Waals surface area contributed by atoms with Gasteiger partial charge in [0.05, 0.1) is 11.7 Å². The van der Waals surface area contributed by atoms with Gasteiger partial charge in [0, 0.05) is 18.7 Å². The minimum atomic E-state index is -0.589. The summed E-state index contributed by atoms with van der Waals surface area (Å²) in [6.45, 7) is 0.882. The van der Waals surface area contributed by atoms with Crippen LogP contribution in [0.25, 0.3) is 11.3 Å². The molecule has 0 aliphatic carbocycles. The summed E-state index contributed by atoms with van der Waals surface area (Å²) in [6.07, 6.45) is 1.10. The molecule has 7 nitrogen and oxygen atoms in total. The molecule has 0 bridgehead atoms. The highest BCUT2D eigenvalue weighted by Crippen LogP contribution is 2.16. The molecule has 2 amide bonds. The Kier molecular flexibility index (Phi) is 7.13. The maximum atomic E-state index is 12.2. The van der Waals surface area contributed by atoms with E-state index in [-0.39, 0.29) is 11.8 Å². The van der Waals surface area contributed by atoms with Crippen LogP contribution in [0.2, 0.25) is 0 Å². The topological polar surface area (TPSA) is 113 Å². The number of carbonyl (C=O) groups is 2. The normalized spacial score (nSPS) is 11.6. The van der Waals surface area contributed by atoms with Crippen molar-refractivity contribution in [1.29, 1.82) is 0 Å². The van der Waals surface area contributed by atoms with Crippen LogP contribution in [0.5, 0.6) is 0 Å². The maximum absolute atomic E-state index is 12.2. The third kappa shape index (κ3) is 6.02. The average molecular weight is 391 g/mol. The summed E-state index contributed by atoms with van der Waals surface area (Å²) < 4.78 is 0. The SMILES string of the molecule is N[C@@H](Cc1ccccc1)C(=O)NCCCNC(=O)c1cc(-c2ccccc2)n[nH]1. The molecule has 0 aliphatic heterocycles.